The fraction of sp³-hybridized carbons (Fsp3) is 0.0435. The molecule has 0 atom stereocenters. The molecule has 1 aromatic heterocycles. The van der Waals surface area contributed by atoms with Crippen molar-refractivity contribution in [3.8, 4) is 11.1 Å². The third-order valence-corrected chi connectivity index (χ3v) is 4.90. The number of benzene rings is 3. The lowest BCUT2D eigenvalue weighted by Gasteiger charge is -2.15. The molecule has 5 N–H and O–H groups in total. The molecule has 4 rings (SSSR count). The summed E-state index contributed by atoms with van der Waals surface area (Å²) in [4.78, 5) is 16.0. The number of nitrogen functional groups attached to an aromatic ring is 1. The first-order valence-electron chi connectivity index (χ1n) is 8.96. The molecule has 0 saturated carbocycles. The monoisotopic (exact) mass is 368 g/mol. The minimum absolute atomic E-state index is 0.224. The van der Waals surface area contributed by atoms with Gasteiger partial charge < -0.3 is 21.4 Å². The summed E-state index contributed by atoms with van der Waals surface area (Å²) < 4.78 is 0. The van der Waals surface area contributed by atoms with E-state index in [1.54, 1.807) is 6.07 Å². The Hall–Kier alpha value is -3.86. The van der Waals surface area contributed by atoms with Crippen molar-refractivity contribution in [2.45, 2.75) is 6.92 Å². The number of hydrogen-bond acceptors (Lipinski definition) is 3. The van der Waals surface area contributed by atoms with Crippen molar-refractivity contribution in [1.82, 2.24) is 4.98 Å². The molecule has 0 bridgehead atoms. The third kappa shape index (κ3) is 3.03. The average molecular weight is 368 g/mol. The molecule has 5 nitrogen and oxygen atoms in total. The Morgan fingerprint density at radius 2 is 1.93 bits per heavy atom. The average Bonchev–Trinajstić information content (AvgIpc) is 3.17. The van der Waals surface area contributed by atoms with Crippen molar-refractivity contribution in [1.29, 1.82) is 5.41 Å². The molecule has 1 heterocycles. The zero-order valence-corrected chi connectivity index (χ0v) is 15.4. The van der Waals surface area contributed by atoms with Gasteiger partial charge in [0.05, 0.1) is 5.69 Å². The maximum atomic E-state index is 12.8. The number of hydrogen-bond donors (Lipinski definition) is 4. The van der Waals surface area contributed by atoms with Crippen LogP contribution in [0.2, 0.25) is 0 Å². The summed E-state index contributed by atoms with van der Waals surface area (Å²) in [7, 11) is 0. The van der Waals surface area contributed by atoms with Crippen LogP contribution >= 0.6 is 0 Å². The van der Waals surface area contributed by atoms with Gasteiger partial charge in [0.2, 0.25) is 0 Å². The Kier molecular flexibility index (Phi) is 4.41. The molecule has 0 spiro atoms. The fourth-order valence-electron chi connectivity index (χ4n) is 3.45. The largest absolute Gasteiger partial charge is 0.398 e. The number of anilines is 2. The van der Waals surface area contributed by atoms with Crippen molar-refractivity contribution in [3.05, 3.63) is 83.6 Å². The third-order valence-electron chi connectivity index (χ3n) is 4.90. The number of aryl methyl sites for hydroxylation is 1. The highest BCUT2D eigenvalue weighted by Crippen LogP contribution is 2.34. The Morgan fingerprint density at radius 1 is 1.11 bits per heavy atom. The SMILES string of the molecule is Cc1ccccc1C(=O)Nc1cc(-c2cccc3[nH]ccc23)cc(N)c1C=N. The van der Waals surface area contributed by atoms with Gasteiger partial charge in [0.15, 0.2) is 0 Å². The predicted octanol–water partition coefficient (Wildman–Crippen LogP) is 4.98. The van der Waals surface area contributed by atoms with Gasteiger partial charge in [-0.05, 0) is 53.9 Å². The minimum Gasteiger partial charge on any atom is -0.398 e. The molecule has 0 aliphatic carbocycles. The van der Waals surface area contributed by atoms with Gasteiger partial charge in [-0.1, -0.05) is 30.3 Å². The summed E-state index contributed by atoms with van der Waals surface area (Å²) in [6.07, 6.45) is 3.06. The molecule has 28 heavy (non-hydrogen) atoms. The molecule has 0 radical (unpaired) electrons. The predicted molar refractivity (Wildman–Crippen MR) is 115 cm³/mol. The van der Waals surface area contributed by atoms with Gasteiger partial charge in [-0.15, -0.1) is 0 Å². The van der Waals surface area contributed by atoms with Crippen LogP contribution in [0.5, 0.6) is 0 Å². The van der Waals surface area contributed by atoms with E-state index in [0.717, 1.165) is 27.6 Å². The number of fused-ring (bicyclic) bond motifs is 1. The molecule has 0 aliphatic rings. The van der Waals surface area contributed by atoms with Crippen LogP contribution < -0.4 is 11.1 Å². The van der Waals surface area contributed by atoms with Crippen molar-refractivity contribution in [2.75, 3.05) is 11.1 Å². The van der Waals surface area contributed by atoms with E-state index in [1.165, 1.54) is 6.21 Å². The van der Waals surface area contributed by atoms with Crippen LogP contribution in [0, 0.1) is 12.3 Å². The van der Waals surface area contributed by atoms with Gasteiger partial charge in [0.1, 0.15) is 0 Å². The first-order chi connectivity index (χ1) is 13.6. The molecule has 0 saturated heterocycles. The second-order valence-electron chi connectivity index (χ2n) is 6.68. The van der Waals surface area contributed by atoms with Gasteiger partial charge in [0, 0.05) is 40.1 Å². The Labute approximate surface area is 162 Å². The lowest BCUT2D eigenvalue weighted by atomic mass is 9.98. The van der Waals surface area contributed by atoms with E-state index in [1.807, 2.05) is 67.7 Å². The molecule has 5 heteroatoms. The second-order valence-corrected chi connectivity index (χ2v) is 6.68. The molecule has 0 unspecified atom stereocenters. The van der Waals surface area contributed by atoms with Crippen LogP contribution in [-0.4, -0.2) is 17.1 Å². The van der Waals surface area contributed by atoms with Gasteiger partial charge in [0.25, 0.3) is 5.91 Å². The molecular formula is C23H20N4O. The zero-order valence-electron chi connectivity index (χ0n) is 15.4. The Bertz CT molecular complexity index is 1210. The highest BCUT2D eigenvalue weighted by molar-refractivity contribution is 6.09. The fourth-order valence-corrected chi connectivity index (χ4v) is 3.45. The normalized spacial score (nSPS) is 10.8. The Balaban J connectivity index is 1.81. The van der Waals surface area contributed by atoms with E-state index in [-0.39, 0.29) is 5.91 Å². The van der Waals surface area contributed by atoms with E-state index < -0.39 is 0 Å². The van der Waals surface area contributed by atoms with Crippen LogP contribution in [0.4, 0.5) is 11.4 Å². The quantitative estimate of drug-likeness (QED) is 0.302. The molecular weight excluding hydrogens is 348 g/mol. The van der Waals surface area contributed by atoms with E-state index in [0.29, 0.717) is 22.5 Å². The number of aromatic nitrogens is 1. The molecule has 3 aromatic carbocycles. The molecule has 0 aliphatic heterocycles. The number of aromatic amines is 1. The summed E-state index contributed by atoms with van der Waals surface area (Å²) in [5, 5.41) is 11.7. The summed E-state index contributed by atoms with van der Waals surface area (Å²) in [5.74, 6) is -0.224. The van der Waals surface area contributed by atoms with Gasteiger partial charge in [-0.3, -0.25) is 4.79 Å². The number of carbonyl (C=O) groups is 1. The molecule has 138 valence electrons. The Morgan fingerprint density at radius 3 is 2.71 bits per heavy atom. The van der Waals surface area contributed by atoms with Crippen molar-refractivity contribution in [3.63, 3.8) is 0 Å². The number of rotatable bonds is 4. The lowest BCUT2D eigenvalue weighted by molar-refractivity contribution is 0.102. The standard InChI is InChI=1S/C23H20N4O/c1-14-5-2-3-6-16(14)23(28)27-22-12-15(11-20(25)19(22)13-24)17-7-4-8-21-18(17)9-10-26-21/h2-13,24,26H,25H2,1H3,(H,27,28). The molecule has 1 amide bonds. The van der Waals surface area contributed by atoms with Crippen LogP contribution in [-0.2, 0) is 0 Å². The van der Waals surface area contributed by atoms with Crippen LogP contribution in [0.15, 0.2) is 66.9 Å². The van der Waals surface area contributed by atoms with Crippen LogP contribution in [0.3, 0.4) is 0 Å². The van der Waals surface area contributed by atoms with E-state index in [4.69, 9.17) is 11.1 Å². The van der Waals surface area contributed by atoms with E-state index >= 15 is 0 Å². The maximum Gasteiger partial charge on any atom is 0.255 e. The topological polar surface area (TPSA) is 94.8 Å². The summed E-state index contributed by atoms with van der Waals surface area (Å²) in [6, 6.07) is 19.1. The number of amides is 1. The maximum absolute atomic E-state index is 12.8. The van der Waals surface area contributed by atoms with Gasteiger partial charge in [-0.2, -0.15) is 0 Å². The first-order valence-corrected chi connectivity index (χ1v) is 8.96. The van der Waals surface area contributed by atoms with Crippen molar-refractivity contribution in [2.24, 2.45) is 0 Å². The molecule has 4 aromatic rings. The number of nitrogens with two attached hydrogens (primary N) is 1. The summed E-state index contributed by atoms with van der Waals surface area (Å²) in [5.41, 5.74) is 12.1. The van der Waals surface area contributed by atoms with Crippen LogP contribution in [0.1, 0.15) is 21.5 Å². The number of H-pyrrole nitrogens is 1. The van der Waals surface area contributed by atoms with Gasteiger partial charge >= 0.3 is 0 Å². The number of carbonyl (C=O) groups excluding carboxylic acids is 1. The smallest absolute Gasteiger partial charge is 0.255 e. The van der Waals surface area contributed by atoms with Crippen LogP contribution in [0.25, 0.3) is 22.0 Å². The highest BCUT2D eigenvalue weighted by atomic mass is 16.1. The summed E-state index contributed by atoms with van der Waals surface area (Å²) in [6.45, 7) is 1.89. The minimum atomic E-state index is -0.224. The lowest BCUT2D eigenvalue weighted by Crippen LogP contribution is -2.15. The zero-order chi connectivity index (χ0) is 19.7. The van der Waals surface area contributed by atoms with Crippen molar-refractivity contribution < 1.29 is 4.79 Å². The van der Waals surface area contributed by atoms with Gasteiger partial charge in [-0.25, -0.2) is 0 Å². The first kappa shape index (κ1) is 17.5. The number of nitrogens with one attached hydrogen (secondary N) is 3. The van der Waals surface area contributed by atoms with Crippen molar-refractivity contribution >= 4 is 34.4 Å². The highest BCUT2D eigenvalue weighted by Gasteiger charge is 2.15. The second kappa shape index (κ2) is 7.04. The molecule has 0 fully saturated rings. The van der Waals surface area contributed by atoms with E-state index in [9.17, 15) is 4.79 Å². The van der Waals surface area contributed by atoms with E-state index in [2.05, 4.69) is 10.3 Å². The summed E-state index contributed by atoms with van der Waals surface area (Å²) >= 11 is 0.